The summed E-state index contributed by atoms with van der Waals surface area (Å²) in [6.45, 7) is 8.42. The number of piperidine rings is 1. The number of nitrogens with zero attached hydrogens (tertiary/aromatic N) is 3. The Kier molecular flexibility index (Phi) is 9.29. The number of hydrogen-bond donors (Lipinski definition) is 2. The van der Waals surface area contributed by atoms with Gasteiger partial charge in [0.2, 0.25) is 5.95 Å². The fraction of sp³-hybridized carbons (Fsp3) is 0.667. The number of likely N-dealkylation sites (tertiary alicyclic amines) is 1. The fourth-order valence-corrected chi connectivity index (χ4v) is 6.38. The molecule has 0 unspecified atom stereocenters. The van der Waals surface area contributed by atoms with E-state index in [0.717, 1.165) is 63.4 Å². The van der Waals surface area contributed by atoms with Gasteiger partial charge in [-0.05, 0) is 107 Å². The van der Waals surface area contributed by atoms with Gasteiger partial charge in [0.1, 0.15) is 10.8 Å². The molecule has 3 heterocycles. The Hall–Kier alpha value is -2.09. The zero-order chi connectivity index (χ0) is 26.5. The molecule has 2 aromatic rings. The van der Waals surface area contributed by atoms with Crippen molar-refractivity contribution in [2.75, 3.05) is 44.0 Å². The summed E-state index contributed by atoms with van der Waals surface area (Å²) in [6.07, 6.45) is 11.1. The standard InChI is InChI=1S/C30H44ClN5O2/c1-20(2)28(22-12-16-37-17-13-22)34-29-25(31)19-32-30(35-29)33-26-9-8-23(21-10-14-36(3)15-11-21)18-27(26)38-24-6-4-5-7-24/h8-9,18-22,24,28H,4-7,10-17H2,1-3H3,(H2,32,33,34,35)/t28-/m1/s1. The number of nitrogens with one attached hydrogen (secondary N) is 2. The lowest BCUT2D eigenvalue weighted by Crippen LogP contribution is -2.37. The highest BCUT2D eigenvalue weighted by atomic mass is 35.5. The van der Waals surface area contributed by atoms with E-state index < -0.39 is 0 Å². The average Bonchev–Trinajstić information content (AvgIpc) is 3.44. The molecule has 5 rings (SSSR count). The molecule has 0 amide bonds. The van der Waals surface area contributed by atoms with Crippen molar-refractivity contribution in [1.29, 1.82) is 0 Å². The molecule has 1 aliphatic carbocycles. The minimum atomic E-state index is 0.272. The molecule has 0 spiro atoms. The third kappa shape index (κ3) is 6.91. The van der Waals surface area contributed by atoms with E-state index in [4.69, 9.17) is 26.1 Å². The Morgan fingerprint density at radius 2 is 1.79 bits per heavy atom. The predicted molar refractivity (Wildman–Crippen MR) is 155 cm³/mol. The van der Waals surface area contributed by atoms with Gasteiger partial charge in [-0.25, -0.2) is 4.98 Å². The van der Waals surface area contributed by atoms with Gasteiger partial charge >= 0.3 is 0 Å². The summed E-state index contributed by atoms with van der Waals surface area (Å²) in [5.41, 5.74) is 2.28. The zero-order valence-corrected chi connectivity index (χ0v) is 24.0. The summed E-state index contributed by atoms with van der Waals surface area (Å²) in [6, 6.07) is 6.91. The van der Waals surface area contributed by atoms with Crippen LogP contribution < -0.4 is 15.4 Å². The zero-order valence-electron chi connectivity index (χ0n) is 23.2. The van der Waals surface area contributed by atoms with E-state index in [1.165, 1.54) is 31.2 Å². The van der Waals surface area contributed by atoms with Crippen molar-refractivity contribution in [2.45, 2.75) is 83.3 Å². The second kappa shape index (κ2) is 12.8. The Morgan fingerprint density at radius 1 is 1.05 bits per heavy atom. The number of anilines is 3. The van der Waals surface area contributed by atoms with E-state index in [0.29, 0.717) is 34.5 Å². The largest absolute Gasteiger partial charge is 0.488 e. The SMILES string of the molecule is CC(C)[C@@H](Nc1nc(Nc2ccc(C3CCN(C)CC3)cc2OC2CCCC2)ncc1Cl)C1CCOCC1. The van der Waals surface area contributed by atoms with E-state index in [2.05, 4.69) is 59.6 Å². The molecule has 38 heavy (non-hydrogen) atoms. The van der Waals surface area contributed by atoms with Crippen LogP contribution in [0.2, 0.25) is 5.02 Å². The van der Waals surface area contributed by atoms with Crippen molar-refractivity contribution < 1.29 is 9.47 Å². The Balaban J connectivity index is 1.36. The van der Waals surface area contributed by atoms with Crippen molar-refractivity contribution in [3.05, 3.63) is 35.0 Å². The first-order valence-electron chi connectivity index (χ1n) is 14.6. The number of hydrogen-bond acceptors (Lipinski definition) is 7. The molecule has 1 atom stereocenters. The third-order valence-corrected chi connectivity index (χ3v) is 8.85. The van der Waals surface area contributed by atoms with Gasteiger partial charge in [0.25, 0.3) is 0 Å². The number of halogens is 1. The molecule has 3 aliphatic rings. The highest BCUT2D eigenvalue weighted by Gasteiger charge is 2.28. The summed E-state index contributed by atoms with van der Waals surface area (Å²) in [4.78, 5) is 11.8. The van der Waals surface area contributed by atoms with Crippen LogP contribution in [-0.2, 0) is 4.74 Å². The number of ether oxygens (including phenoxy) is 2. The highest BCUT2D eigenvalue weighted by molar-refractivity contribution is 6.32. The van der Waals surface area contributed by atoms with Crippen LogP contribution in [0.4, 0.5) is 17.5 Å². The summed E-state index contributed by atoms with van der Waals surface area (Å²) in [5, 5.41) is 7.65. The molecule has 2 aliphatic heterocycles. The van der Waals surface area contributed by atoms with Crippen molar-refractivity contribution in [3.63, 3.8) is 0 Å². The Labute approximate surface area is 233 Å². The van der Waals surface area contributed by atoms with Gasteiger partial charge in [-0.3, -0.25) is 0 Å². The van der Waals surface area contributed by atoms with E-state index >= 15 is 0 Å². The van der Waals surface area contributed by atoms with Crippen LogP contribution in [0.25, 0.3) is 0 Å². The lowest BCUT2D eigenvalue weighted by molar-refractivity contribution is 0.0558. The van der Waals surface area contributed by atoms with Crippen LogP contribution in [0.15, 0.2) is 24.4 Å². The Bertz CT molecular complexity index is 1050. The maximum atomic E-state index is 6.58. The molecule has 2 saturated heterocycles. The van der Waals surface area contributed by atoms with Crippen LogP contribution in [-0.4, -0.2) is 60.4 Å². The maximum Gasteiger partial charge on any atom is 0.229 e. The second-order valence-electron chi connectivity index (χ2n) is 11.7. The lowest BCUT2D eigenvalue weighted by Gasteiger charge is -2.34. The van der Waals surface area contributed by atoms with Crippen molar-refractivity contribution in [2.24, 2.45) is 11.8 Å². The van der Waals surface area contributed by atoms with Gasteiger partial charge in [-0.2, -0.15) is 4.98 Å². The molecule has 1 saturated carbocycles. The van der Waals surface area contributed by atoms with Gasteiger partial charge in [0, 0.05) is 19.3 Å². The van der Waals surface area contributed by atoms with Gasteiger partial charge in [-0.1, -0.05) is 31.5 Å². The number of aromatic nitrogens is 2. The first-order chi connectivity index (χ1) is 18.5. The molecule has 208 valence electrons. The minimum absolute atomic E-state index is 0.272. The predicted octanol–water partition coefficient (Wildman–Crippen LogP) is 6.87. The molecule has 0 radical (unpaired) electrons. The molecule has 3 fully saturated rings. The summed E-state index contributed by atoms with van der Waals surface area (Å²) < 4.78 is 12.2. The first kappa shape index (κ1) is 27.5. The van der Waals surface area contributed by atoms with E-state index in [9.17, 15) is 0 Å². The summed E-state index contributed by atoms with van der Waals surface area (Å²) in [5.74, 6) is 3.66. The molecule has 7 nitrogen and oxygen atoms in total. The molecule has 8 heteroatoms. The molecular formula is C30H44ClN5O2. The first-order valence-corrected chi connectivity index (χ1v) is 15.0. The number of benzene rings is 1. The number of rotatable bonds is 9. The Morgan fingerprint density at radius 3 is 2.50 bits per heavy atom. The van der Waals surface area contributed by atoms with Gasteiger partial charge in [0.05, 0.1) is 18.0 Å². The van der Waals surface area contributed by atoms with Crippen LogP contribution in [0.3, 0.4) is 0 Å². The van der Waals surface area contributed by atoms with Crippen molar-refractivity contribution in [3.8, 4) is 5.75 Å². The monoisotopic (exact) mass is 541 g/mol. The normalized spacial score (nSPS) is 21.1. The molecule has 2 N–H and O–H groups in total. The quantitative estimate of drug-likeness (QED) is 0.359. The van der Waals surface area contributed by atoms with Gasteiger partial charge in [0.15, 0.2) is 5.82 Å². The highest BCUT2D eigenvalue weighted by Crippen LogP contribution is 2.37. The fourth-order valence-electron chi connectivity index (χ4n) is 6.23. The lowest BCUT2D eigenvalue weighted by atomic mass is 9.85. The average molecular weight is 542 g/mol. The molecule has 1 aromatic carbocycles. The summed E-state index contributed by atoms with van der Waals surface area (Å²) >= 11 is 6.58. The molecule has 1 aromatic heterocycles. The summed E-state index contributed by atoms with van der Waals surface area (Å²) in [7, 11) is 2.21. The van der Waals surface area contributed by atoms with Crippen LogP contribution in [0, 0.1) is 11.8 Å². The smallest absolute Gasteiger partial charge is 0.229 e. The van der Waals surface area contributed by atoms with Crippen molar-refractivity contribution >= 4 is 29.1 Å². The van der Waals surface area contributed by atoms with Gasteiger partial charge < -0.3 is 25.0 Å². The van der Waals surface area contributed by atoms with E-state index in [-0.39, 0.29) is 12.1 Å². The maximum absolute atomic E-state index is 6.58. The minimum Gasteiger partial charge on any atom is -0.488 e. The van der Waals surface area contributed by atoms with Crippen LogP contribution >= 0.6 is 11.6 Å². The van der Waals surface area contributed by atoms with E-state index in [1.807, 2.05) is 0 Å². The van der Waals surface area contributed by atoms with Crippen LogP contribution in [0.1, 0.15) is 76.7 Å². The molecule has 0 bridgehead atoms. The van der Waals surface area contributed by atoms with Crippen molar-refractivity contribution in [1.82, 2.24) is 14.9 Å². The van der Waals surface area contributed by atoms with Crippen LogP contribution in [0.5, 0.6) is 5.75 Å². The molecular weight excluding hydrogens is 498 g/mol. The van der Waals surface area contributed by atoms with E-state index in [1.54, 1.807) is 6.20 Å². The second-order valence-corrected chi connectivity index (χ2v) is 12.1. The topological polar surface area (TPSA) is 71.5 Å². The van der Waals surface area contributed by atoms with Gasteiger partial charge in [-0.15, -0.1) is 0 Å². The third-order valence-electron chi connectivity index (χ3n) is 8.58.